The molecule has 370 valence electrons. The topological polar surface area (TPSA) is 95.2 Å². The lowest BCUT2D eigenvalue weighted by Crippen LogP contribution is -2.05. The Hall–Kier alpha value is -10.8. The van der Waals surface area contributed by atoms with Crippen molar-refractivity contribution in [3.05, 3.63) is 279 Å². The van der Waals surface area contributed by atoms with Crippen molar-refractivity contribution in [3.63, 3.8) is 0 Å². The molecule has 0 radical (unpaired) electrons. The fraction of sp³-hybridized carbons (Fsp3) is 0. The Morgan fingerprint density at radius 3 is 1.03 bits per heavy atom. The Balaban J connectivity index is 1.06. The number of rotatable bonds is 11. The van der Waals surface area contributed by atoms with E-state index in [1.54, 1.807) is 0 Å². The standard InChI is InChI=1S/C71H46N8/c1-8-22-47(23-9-1)54-37-40-63-59(42-54)58-39-36-55(57-44-61(48-24-10-2-11-25-48)72-62(45-57)49-26-12-3-13-27-49)46-65(58)79(63)64-41-38-56(70-75-66(50-28-14-4-15-29-50)73-67(76-70)51-30-16-5-17-31-51)43-60(64)71-77-68(52-32-18-6-19-33-52)74-69(78-71)53-34-20-7-21-35-53/h1-46H. The molecule has 0 unspecified atom stereocenters. The monoisotopic (exact) mass is 1010 g/mol. The first-order chi connectivity index (χ1) is 39.1. The largest absolute Gasteiger partial charge is 0.308 e. The van der Waals surface area contributed by atoms with Crippen molar-refractivity contribution < 1.29 is 0 Å². The summed E-state index contributed by atoms with van der Waals surface area (Å²) in [6, 6.07) is 96.1. The van der Waals surface area contributed by atoms with Crippen LogP contribution in [0, 0.1) is 0 Å². The van der Waals surface area contributed by atoms with E-state index in [2.05, 4.69) is 150 Å². The van der Waals surface area contributed by atoms with Crippen LogP contribution in [-0.2, 0) is 0 Å². The molecule has 0 aliphatic rings. The lowest BCUT2D eigenvalue weighted by atomic mass is 9.98. The Kier molecular flexibility index (Phi) is 12.0. The minimum Gasteiger partial charge on any atom is -0.308 e. The number of aromatic nitrogens is 8. The smallest absolute Gasteiger partial charge is 0.166 e. The van der Waals surface area contributed by atoms with E-state index in [4.69, 9.17) is 34.9 Å². The van der Waals surface area contributed by atoms with E-state index in [0.29, 0.717) is 34.9 Å². The summed E-state index contributed by atoms with van der Waals surface area (Å²) in [6.07, 6.45) is 0. The van der Waals surface area contributed by atoms with E-state index < -0.39 is 0 Å². The number of fused-ring (bicyclic) bond motifs is 3. The summed E-state index contributed by atoms with van der Waals surface area (Å²) < 4.78 is 2.37. The van der Waals surface area contributed by atoms with Crippen molar-refractivity contribution in [2.45, 2.75) is 0 Å². The highest BCUT2D eigenvalue weighted by molar-refractivity contribution is 6.12. The lowest BCUT2D eigenvalue weighted by Gasteiger charge is -2.17. The molecule has 0 aliphatic heterocycles. The summed E-state index contributed by atoms with van der Waals surface area (Å²) in [6.45, 7) is 0. The van der Waals surface area contributed by atoms with E-state index in [1.807, 2.05) is 133 Å². The van der Waals surface area contributed by atoms with Crippen LogP contribution >= 0.6 is 0 Å². The fourth-order valence-corrected chi connectivity index (χ4v) is 10.4. The van der Waals surface area contributed by atoms with Crippen LogP contribution in [0.4, 0.5) is 0 Å². The van der Waals surface area contributed by atoms with Gasteiger partial charge < -0.3 is 4.57 Å². The van der Waals surface area contributed by atoms with E-state index in [1.165, 1.54) is 0 Å². The zero-order valence-corrected chi connectivity index (χ0v) is 42.6. The van der Waals surface area contributed by atoms with Gasteiger partial charge in [0.2, 0.25) is 0 Å². The third-order valence-corrected chi connectivity index (χ3v) is 14.3. The lowest BCUT2D eigenvalue weighted by molar-refractivity contribution is 1.06. The molecule has 0 saturated heterocycles. The summed E-state index contributed by atoms with van der Waals surface area (Å²) in [7, 11) is 0. The maximum atomic E-state index is 5.40. The van der Waals surface area contributed by atoms with Crippen LogP contribution in [0.25, 0.3) is 141 Å². The van der Waals surface area contributed by atoms with Crippen LogP contribution in [0.3, 0.4) is 0 Å². The zero-order valence-electron chi connectivity index (χ0n) is 42.6. The van der Waals surface area contributed by atoms with Gasteiger partial charge in [-0.15, -0.1) is 0 Å². The van der Waals surface area contributed by atoms with Crippen molar-refractivity contribution in [3.8, 4) is 119 Å². The van der Waals surface area contributed by atoms with Crippen molar-refractivity contribution in [1.29, 1.82) is 0 Å². The molecular formula is C71H46N8. The van der Waals surface area contributed by atoms with Gasteiger partial charge in [0.1, 0.15) is 0 Å². The van der Waals surface area contributed by atoms with Gasteiger partial charge in [0.15, 0.2) is 34.9 Å². The van der Waals surface area contributed by atoms with Gasteiger partial charge in [0.05, 0.1) is 28.1 Å². The van der Waals surface area contributed by atoms with Gasteiger partial charge in [-0.2, -0.15) is 0 Å². The van der Waals surface area contributed by atoms with Gasteiger partial charge >= 0.3 is 0 Å². The molecule has 0 amide bonds. The van der Waals surface area contributed by atoms with Gasteiger partial charge in [-0.05, 0) is 70.8 Å². The summed E-state index contributed by atoms with van der Waals surface area (Å²) in [4.78, 5) is 36.6. The molecule has 0 saturated carbocycles. The predicted octanol–water partition coefficient (Wildman–Crippen LogP) is 17.2. The minimum absolute atomic E-state index is 0.492. The van der Waals surface area contributed by atoms with Gasteiger partial charge in [-0.3, -0.25) is 0 Å². The second-order valence-electron chi connectivity index (χ2n) is 19.3. The highest BCUT2D eigenvalue weighted by Gasteiger charge is 2.23. The Bertz CT molecular complexity index is 4320. The van der Waals surface area contributed by atoms with Crippen LogP contribution in [0.2, 0.25) is 0 Å². The summed E-state index contributed by atoms with van der Waals surface area (Å²) in [5, 5.41) is 2.20. The van der Waals surface area contributed by atoms with Crippen LogP contribution in [0.5, 0.6) is 0 Å². The third kappa shape index (κ3) is 9.19. The van der Waals surface area contributed by atoms with Gasteiger partial charge in [0, 0.05) is 55.3 Å². The SMILES string of the molecule is c1ccc(-c2ccc3c(c2)c2ccc(-c4cc(-c5ccccc5)nc(-c5ccccc5)c4)cc2n3-c2ccc(-c3nc(-c4ccccc4)nc(-c4ccccc4)n3)cc2-c2nc(-c3ccccc3)nc(-c3ccccc3)n2)cc1. The number of hydrogen-bond acceptors (Lipinski definition) is 7. The van der Waals surface area contributed by atoms with E-state index in [-0.39, 0.29) is 0 Å². The molecule has 0 spiro atoms. The molecule has 0 atom stereocenters. The summed E-state index contributed by atoms with van der Waals surface area (Å²) in [5.74, 6) is 3.25. The molecule has 4 heterocycles. The highest BCUT2D eigenvalue weighted by Crippen LogP contribution is 2.42. The molecule has 8 nitrogen and oxygen atoms in total. The van der Waals surface area contributed by atoms with Gasteiger partial charge in [-0.25, -0.2) is 34.9 Å². The Morgan fingerprint density at radius 1 is 0.203 bits per heavy atom. The van der Waals surface area contributed by atoms with Crippen molar-refractivity contribution in [1.82, 2.24) is 39.5 Å². The van der Waals surface area contributed by atoms with Crippen LogP contribution in [0.1, 0.15) is 0 Å². The van der Waals surface area contributed by atoms with Crippen LogP contribution in [0.15, 0.2) is 279 Å². The first kappa shape index (κ1) is 46.7. The summed E-state index contributed by atoms with van der Waals surface area (Å²) in [5.41, 5.74) is 16.1. The molecule has 79 heavy (non-hydrogen) atoms. The first-order valence-corrected chi connectivity index (χ1v) is 26.3. The molecule has 4 aromatic heterocycles. The number of benzene rings is 10. The van der Waals surface area contributed by atoms with Crippen LogP contribution in [-0.4, -0.2) is 39.5 Å². The molecule has 8 heteroatoms. The predicted molar refractivity (Wildman–Crippen MR) is 320 cm³/mol. The van der Waals surface area contributed by atoms with Gasteiger partial charge in [0.25, 0.3) is 0 Å². The Labute approximate surface area is 456 Å². The quantitative estimate of drug-likeness (QED) is 0.127. The summed E-state index contributed by atoms with van der Waals surface area (Å²) >= 11 is 0. The zero-order chi connectivity index (χ0) is 52.5. The fourth-order valence-electron chi connectivity index (χ4n) is 10.4. The molecule has 14 rings (SSSR count). The molecule has 14 aromatic rings. The highest BCUT2D eigenvalue weighted by atomic mass is 15.1. The van der Waals surface area contributed by atoms with Crippen LogP contribution < -0.4 is 0 Å². The van der Waals surface area contributed by atoms with E-state index in [9.17, 15) is 0 Å². The van der Waals surface area contributed by atoms with Gasteiger partial charge in [-0.1, -0.05) is 231 Å². The molecule has 0 fully saturated rings. The second-order valence-corrected chi connectivity index (χ2v) is 19.3. The average molecular weight is 1010 g/mol. The Morgan fingerprint density at radius 2 is 0.570 bits per heavy atom. The number of nitrogens with zero attached hydrogens (tertiary/aromatic N) is 8. The van der Waals surface area contributed by atoms with Crippen molar-refractivity contribution in [2.24, 2.45) is 0 Å². The minimum atomic E-state index is 0.492. The van der Waals surface area contributed by atoms with E-state index in [0.717, 1.165) is 106 Å². The maximum Gasteiger partial charge on any atom is 0.166 e. The number of pyridine rings is 1. The average Bonchev–Trinajstić information content (AvgIpc) is 4.04. The molecule has 0 aliphatic carbocycles. The molecular weight excluding hydrogens is 965 g/mol. The second kappa shape index (κ2) is 20.4. The normalized spacial score (nSPS) is 11.3. The molecule has 0 N–H and O–H groups in total. The molecule has 0 bridgehead atoms. The van der Waals surface area contributed by atoms with Crippen molar-refractivity contribution >= 4 is 21.8 Å². The molecule has 10 aromatic carbocycles. The first-order valence-electron chi connectivity index (χ1n) is 26.3. The van der Waals surface area contributed by atoms with Crippen molar-refractivity contribution in [2.75, 3.05) is 0 Å². The maximum absolute atomic E-state index is 5.40. The van der Waals surface area contributed by atoms with E-state index >= 15 is 0 Å². The third-order valence-electron chi connectivity index (χ3n) is 14.3. The number of hydrogen-bond donors (Lipinski definition) is 0.